The lowest BCUT2D eigenvalue weighted by atomic mass is 10.7. The van der Waals surface area contributed by atoms with E-state index in [-0.39, 0.29) is 4.90 Å². The maximum atomic E-state index is 10.9. The van der Waals surface area contributed by atoms with Crippen molar-refractivity contribution in [2.75, 3.05) is 0 Å². The van der Waals surface area contributed by atoms with Gasteiger partial charge in [0.25, 0.3) is 10.0 Å². The topological polar surface area (TPSA) is 66.4 Å². The summed E-state index contributed by atoms with van der Waals surface area (Å²) in [4.78, 5) is 1.28. The molecule has 62 valence electrons. The Morgan fingerprint density at radius 2 is 2.18 bits per heavy atom. The number of rotatable bonds is 2. The molecule has 1 aromatic rings. The van der Waals surface area contributed by atoms with Crippen LogP contribution < -0.4 is 4.89 Å². The van der Waals surface area contributed by atoms with E-state index >= 15 is 0 Å². The standard InChI is InChI=1S/C4H4BrNO3S2/c5-3-1-10-2-4(3)11(8,9)6-7/h1-2,6-7H. The largest absolute Gasteiger partial charge is 0.302 e. The summed E-state index contributed by atoms with van der Waals surface area (Å²) < 4.78 is 22.2. The van der Waals surface area contributed by atoms with Gasteiger partial charge in [0.1, 0.15) is 4.90 Å². The molecule has 2 N–H and O–H groups in total. The van der Waals surface area contributed by atoms with Crippen LogP contribution in [0.5, 0.6) is 0 Å². The summed E-state index contributed by atoms with van der Waals surface area (Å²) in [6, 6.07) is 0. The Morgan fingerprint density at radius 1 is 1.55 bits per heavy atom. The molecule has 0 bridgehead atoms. The van der Waals surface area contributed by atoms with Crippen LogP contribution in [0.15, 0.2) is 20.1 Å². The second kappa shape index (κ2) is 3.20. The third kappa shape index (κ3) is 1.79. The van der Waals surface area contributed by atoms with Crippen molar-refractivity contribution in [3.8, 4) is 0 Å². The van der Waals surface area contributed by atoms with Crippen molar-refractivity contribution < 1.29 is 13.6 Å². The first-order valence-electron chi connectivity index (χ1n) is 2.45. The van der Waals surface area contributed by atoms with Gasteiger partial charge in [-0.05, 0) is 15.9 Å². The van der Waals surface area contributed by atoms with Crippen LogP contribution in [-0.4, -0.2) is 13.6 Å². The minimum atomic E-state index is -3.72. The molecule has 4 nitrogen and oxygen atoms in total. The summed E-state index contributed by atoms with van der Waals surface area (Å²) in [7, 11) is -3.72. The van der Waals surface area contributed by atoms with E-state index in [4.69, 9.17) is 5.21 Å². The maximum Gasteiger partial charge on any atom is 0.264 e. The summed E-state index contributed by atoms with van der Waals surface area (Å²) in [6.45, 7) is 0. The van der Waals surface area contributed by atoms with Crippen molar-refractivity contribution in [3.05, 3.63) is 15.2 Å². The first-order valence-corrected chi connectivity index (χ1v) is 5.67. The maximum absolute atomic E-state index is 10.9. The molecule has 0 spiro atoms. The highest BCUT2D eigenvalue weighted by Crippen LogP contribution is 2.25. The quantitative estimate of drug-likeness (QED) is 0.783. The van der Waals surface area contributed by atoms with Crippen LogP contribution >= 0.6 is 27.3 Å². The van der Waals surface area contributed by atoms with Crippen LogP contribution in [0.2, 0.25) is 0 Å². The fraction of sp³-hybridized carbons (Fsp3) is 0. The van der Waals surface area contributed by atoms with E-state index in [2.05, 4.69) is 15.9 Å². The number of hydrogen-bond donors (Lipinski definition) is 2. The van der Waals surface area contributed by atoms with Crippen molar-refractivity contribution in [1.29, 1.82) is 0 Å². The Morgan fingerprint density at radius 3 is 2.55 bits per heavy atom. The minimum Gasteiger partial charge on any atom is -0.302 e. The zero-order chi connectivity index (χ0) is 8.48. The average molecular weight is 258 g/mol. The van der Waals surface area contributed by atoms with Crippen molar-refractivity contribution in [1.82, 2.24) is 4.89 Å². The molecular formula is C4H4BrNO3S2. The molecule has 0 saturated heterocycles. The molecule has 0 unspecified atom stereocenters. The third-order valence-electron chi connectivity index (χ3n) is 0.992. The molecule has 1 heterocycles. The van der Waals surface area contributed by atoms with Crippen LogP contribution in [0.4, 0.5) is 0 Å². The van der Waals surface area contributed by atoms with Crippen molar-refractivity contribution in [2.45, 2.75) is 4.90 Å². The van der Waals surface area contributed by atoms with Gasteiger partial charge >= 0.3 is 0 Å². The van der Waals surface area contributed by atoms with Gasteiger partial charge in [-0.2, -0.15) is 0 Å². The number of nitrogens with one attached hydrogen (secondary N) is 1. The Labute approximate surface area is 76.0 Å². The number of halogens is 1. The molecule has 0 aliphatic rings. The van der Waals surface area contributed by atoms with Gasteiger partial charge in [-0.25, -0.2) is 8.42 Å². The lowest BCUT2D eigenvalue weighted by Gasteiger charge is -1.96. The Bertz CT molecular complexity index is 344. The van der Waals surface area contributed by atoms with Crippen LogP contribution in [0.25, 0.3) is 0 Å². The predicted molar refractivity (Wildman–Crippen MR) is 44.1 cm³/mol. The zero-order valence-electron chi connectivity index (χ0n) is 5.11. The molecule has 7 heteroatoms. The van der Waals surface area contributed by atoms with Gasteiger partial charge in [0.2, 0.25) is 0 Å². The lowest BCUT2D eigenvalue weighted by molar-refractivity contribution is 0.242. The van der Waals surface area contributed by atoms with E-state index in [0.717, 1.165) is 0 Å². The molecule has 0 aliphatic carbocycles. The molecule has 0 amide bonds. The molecule has 0 aromatic carbocycles. The lowest BCUT2D eigenvalue weighted by Crippen LogP contribution is -2.18. The first kappa shape index (κ1) is 9.14. The molecular weight excluding hydrogens is 254 g/mol. The van der Waals surface area contributed by atoms with Gasteiger partial charge < -0.3 is 5.21 Å². The Hall–Kier alpha value is 0.0500. The SMILES string of the molecule is O=S(=O)(NO)c1cscc1Br. The van der Waals surface area contributed by atoms with Crippen molar-refractivity contribution in [2.24, 2.45) is 0 Å². The fourth-order valence-corrected chi connectivity index (χ4v) is 3.47. The summed E-state index contributed by atoms with van der Waals surface area (Å²) in [5.74, 6) is 0. The van der Waals surface area contributed by atoms with Crippen LogP contribution in [0, 0.1) is 0 Å². The van der Waals surface area contributed by atoms with E-state index < -0.39 is 10.0 Å². The van der Waals surface area contributed by atoms with Gasteiger partial charge in [0.05, 0.1) is 0 Å². The third-order valence-corrected chi connectivity index (χ3v) is 4.26. The number of hydrogen-bond acceptors (Lipinski definition) is 4. The van der Waals surface area contributed by atoms with Crippen LogP contribution in [-0.2, 0) is 10.0 Å². The van der Waals surface area contributed by atoms with E-state index in [1.54, 1.807) is 5.38 Å². The van der Waals surface area contributed by atoms with E-state index in [1.165, 1.54) is 21.6 Å². The highest BCUT2D eigenvalue weighted by Gasteiger charge is 2.16. The predicted octanol–water partition coefficient (Wildman–Crippen LogP) is 1.18. The fourth-order valence-electron chi connectivity index (χ4n) is 0.511. The highest BCUT2D eigenvalue weighted by atomic mass is 79.9. The molecule has 0 saturated carbocycles. The zero-order valence-corrected chi connectivity index (χ0v) is 8.33. The van der Waals surface area contributed by atoms with Crippen LogP contribution in [0.3, 0.4) is 0 Å². The van der Waals surface area contributed by atoms with Crippen LogP contribution in [0.1, 0.15) is 0 Å². The molecule has 11 heavy (non-hydrogen) atoms. The van der Waals surface area contributed by atoms with Gasteiger partial charge in [0.15, 0.2) is 0 Å². The number of sulfonamides is 1. The van der Waals surface area contributed by atoms with Gasteiger partial charge in [-0.1, -0.05) is 4.89 Å². The van der Waals surface area contributed by atoms with Crippen molar-refractivity contribution in [3.63, 3.8) is 0 Å². The monoisotopic (exact) mass is 257 g/mol. The summed E-state index contributed by atoms with van der Waals surface area (Å²) in [5.41, 5.74) is 0. The first-order chi connectivity index (χ1) is 5.08. The van der Waals surface area contributed by atoms with Crippen molar-refractivity contribution >= 4 is 37.3 Å². The molecule has 1 aromatic heterocycles. The molecule has 0 radical (unpaired) electrons. The molecule has 0 atom stereocenters. The van der Waals surface area contributed by atoms with Gasteiger partial charge in [0, 0.05) is 15.2 Å². The number of thiophene rings is 1. The summed E-state index contributed by atoms with van der Waals surface area (Å²) in [6.07, 6.45) is 0. The summed E-state index contributed by atoms with van der Waals surface area (Å²) >= 11 is 4.25. The summed E-state index contributed by atoms with van der Waals surface area (Å²) in [5, 5.41) is 11.3. The minimum absolute atomic E-state index is 0.0463. The Balaban J connectivity index is 3.22. The highest BCUT2D eigenvalue weighted by molar-refractivity contribution is 9.10. The van der Waals surface area contributed by atoms with Gasteiger partial charge in [-0.3, -0.25) is 0 Å². The molecule has 1 rings (SSSR count). The van der Waals surface area contributed by atoms with E-state index in [1.807, 2.05) is 0 Å². The second-order valence-corrected chi connectivity index (χ2v) is 4.91. The normalized spacial score (nSPS) is 11.8. The van der Waals surface area contributed by atoms with E-state index in [0.29, 0.717) is 4.47 Å². The molecule has 0 fully saturated rings. The smallest absolute Gasteiger partial charge is 0.264 e. The van der Waals surface area contributed by atoms with E-state index in [9.17, 15) is 8.42 Å². The second-order valence-electron chi connectivity index (χ2n) is 1.68. The molecule has 0 aliphatic heterocycles. The average Bonchev–Trinajstić information content (AvgIpc) is 2.36. The van der Waals surface area contributed by atoms with Gasteiger partial charge in [-0.15, -0.1) is 11.3 Å². The Kier molecular flexibility index (Phi) is 2.66.